The first-order valence-electron chi connectivity index (χ1n) is 4.45. The van der Waals surface area contributed by atoms with Gasteiger partial charge in [0.25, 0.3) is 0 Å². The molecular formula is C12H11O3Ti-. The van der Waals surface area contributed by atoms with Gasteiger partial charge in [-0.2, -0.15) is 6.08 Å². The average molecular weight is 251 g/mol. The molecule has 82 valence electrons. The van der Waals surface area contributed by atoms with Crippen LogP contribution in [0.3, 0.4) is 0 Å². The van der Waals surface area contributed by atoms with Crippen molar-refractivity contribution < 1.29 is 36.7 Å². The van der Waals surface area contributed by atoms with E-state index in [4.69, 9.17) is 10.2 Å². The number of benzene rings is 1. The molecule has 0 aliphatic heterocycles. The van der Waals surface area contributed by atoms with Gasteiger partial charge in [0.05, 0.1) is 0 Å². The van der Waals surface area contributed by atoms with Gasteiger partial charge in [-0.3, -0.25) is 6.08 Å². The number of carboxylic acid groups (broad SMARTS) is 1. The van der Waals surface area contributed by atoms with Crippen LogP contribution in [0.15, 0.2) is 42.5 Å². The van der Waals surface area contributed by atoms with Crippen molar-refractivity contribution in [2.24, 2.45) is 0 Å². The van der Waals surface area contributed by atoms with E-state index in [1.807, 2.05) is 12.2 Å². The number of aromatic hydroxyl groups is 1. The van der Waals surface area contributed by atoms with Crippen molar-refractivity contribution in [3.05, 3.63) is 54.1 Å². The summed E-state index contributed by atoms with van der Waals surface area (Å²) in [6.07, 6.45) is 10.0. The molecule has 0 saturated heterocycles. The smallest absolute Gasteiger partial charge is 0.339 e. The van der Waals surface area contributed by atoms with Gasteiger partial charge in [0.15, 0.2) is 0 Å². The fourth-order valence-electron chi connectivity index (χ4n) is 0.995. The Morgan fingerprint density at radius 1 is 1.31 bits per heavy atom. The summed E-state index contributed by atoms with van der Waals surface area (Å²) in [5.74, 6) is -1.31. The summed E-state index contributed by atoms with van der Waals surface area (Å²) in [5, 5.41) is 17.3. The van der Waals surface area contributed by atoms with Crippen molar-refractivity contribution in [3.8, 4) is 5.75 Å². The Labute approximate surface area is 109 Å². The van der Waals surface area contributed by atoms with Gasteiger partial charge in [0.2, 0.25) is 0 Å². The number of phenols is 1. The summed E-state index contributed by atoms with van der Waals surface area (Å²) in [6.45, 7) is 0. The summed E-state index contributed by atoms with van der Waals surface area (Å²) in [6, 6.07) is 5.81. The van der Waals surface area contributed by atoms with Crippen molar-refractivity contribution >= 4 is 5.97 Å². The number of carboxylic acids is 1. The molecule has 2 rings (SSSR count). The normalized spacial score (nSPS) is 11.2. The zero-order valence-corrected chi connectivity index (χ0v) is 10.1. The fraction of sp³-hybridized carbons (Fsp3) is 0.0833. The summed E-state index contributed by atoms with van der Waals surface area (Å²) >= 11 is 0. The van der Waals surface area contributed by atoms with Gasteiger partial charge >= 0.3 is 5.97 Å². The standard InChI is InChI=1S/C7H6O3.C5H5.Ti/c8-6-4-2-1-3-5(6)7(9)10;1-2-4-5-3-1;/h1-4,8H,(H,9,10);1-3H,4H2;/q;-1;. The van der Waals surface area contributed by atoms with Crippen LogP contribution in [0.4, 0.5) is 0 Å². The average Bonchev–Trinajstić information content (AvgIpc) is 2.75. The number of para-hydroxylation sites is 1. The van der Waals surface area contributed by atoms with Gasteiger partial charge in [0.1, 0.15) is 11.3 Å². The number of hydrogen-bond acceptors (Lipinski definition) is 2. The molecule has 1 aromatic carbocycles. The molecule has 1 aliphatic carbocycles. The summed E-state index contributed by atoms with van der Waals surface area (Å²) < 4.78 is 0. The van der Waals surface area contributed by atoms with Crippen LogP contribution in [0.2, 0.25) is 0 Å². The summed E-state index contributed by atoms with van der Waals surface area (Å²) in [4.78, 5) is 10.3. The van der Waals surface area contributed by atoms with Crippen LogP contribution in [0.1, 0.15) is 16.8 Å². The number of rotatable bonds is 1. The second kappa shape index (κ2) is 7.91. The first-order valence-corrected chi connectivity index (χ1v) is 4.45. The van der Waals surface area contributed by atoms with Gasteiger partial charge in [-0.15, -0.1) is 6.42 Å². The second-order valence-electron chi connectivity index (χ2n) is 2.83. The molecular weight excluding hydrogens is 240 g/mol. The van der Waals surface area contributed by atoms with E-state index in [1.54, 1.807) is 12.1 Å². The molecule has 3 nitrogen and oxygen atoms in total. The third-order valence-electron chi connectivity index (χ3n) is 1.72. The molecule has 0 amide bonds. The van der Waals surface area contributed by atoms with Crippen molar-refractivity contribution in [3.63, 3.8) is 0 Å². The molecule has 0 bridgehead atoms. The molecule has 1 aromatic rings. The Morgan fingerprint density at radius 3 is 2.31 bits per heavy atom. The monoisotopic (exact) mass is 251 g/mol. The van der Waals surface area contributed by atoms with Crippen LogP contribution in [-0.4, -0.2) is 16.2 Å². The molecule has 4 heteroatoms. The predicted molar refractivity (Wildman–Crippen MR) is 56.6 cm³/mol. The van der Waals surface area contributed by atoms with Gasteiger partial charge in [-0.05, 0) is 12.1 Å². The number of allylic oxidation sites excluding steroid dienone is 4. The van der Waals surface area contributed by atoms with Crippen LogP contribution < -0.4 is 0 Å². The van der Waals surface area contributed by atoms with E-state index in [2.05, 4.69) is 12.2 Å². The van der Waals surface area contributed by atoms with Gasteiger partial charge in [-0.1, -0.05) is 12.1 Å². The molecule has 2 N–H and O–H groups in total. The van der Waals surface area contributed by atoms with E-state index < -0.39 is 5.97 Å². The molecule has 0 unspecified atom stereocenters. The number of hydrogen-bond donors (Lipinski definition) is 2. The van der Waals surface area contributed by atoms with Crippen molar-refractivity contribution in [1.29, 1.82) is 0 Å². The topological polar surface area (TPSA) is 57.5 Å². The largest absolute Gasteiger partial charge is 0.507 e. The minimum Gasteiger partial charge on any atom is -0.507 e. The van der Waals surface area contributed by atoms with Crippen LogP contribution in [0.5, 0.6) is 5.75 Å². The predicted octanol–water partition coefficient (Wildman–Crippen LogP) is 2.39. The third kappa shape index (κ3) is 4.96. The van der Waals surface area contributed by atoms with Gasteiger partial charge < -0.3 is 10.2 Å². The SMILES string of the molecule is O=C(O)c1ccccc1O.[C-]1=CC=CC1.[Ti]. The maximum absolute atomic E-state index is 10.3. The quantitative estimate of drug-likeness (QED) is 0.595. The van der Waals surface area contributed by atoms with Crippen molar-refractivity contribution in [2.45, 2.75) is 6.42 Å². The van der Waals surface area contributed by atoms with E-state index in [0.717, 1.165) is 6.42 Å². The minimum atomic E-state index is -1.11. The van der Waals surface area contributed by atoms with Crippen LogP contribution >= 0.6 is 0 Å². The van der Waals surface area contributed by atoms with Crippen LogP contribution in [-0.2, 0) is 21.7 Å². The van der Waals surface area contributed by atoms with E-state index >= 15 is 0 Å². The Bertz CT molecular complexity index is 387. The Kier molecular flexibility index (Phi) is 7.26. The molecule has 0 spiro atoms. The molecule has 0 radical (unpaired) electrons. The number of carbonyl (C=O) groups is 1. The van der Waals surface area contributed by atoms with E-state index in [1.165, 1.54) is 12.1 Å². The molecule has 0 aromatic heterocycles. The molecule has 16 heavy (non-hydrogen) atoms. The maximum Gasteiger partial charge on any atom is 0.339 e. The van der Waals surface area contributed by atoms with Gasteiger partial charge in [-0.25, -0.2) is 16.9 Å². The van der Waals surface area contributed by atoms with E-state index in [-0.39, 0.29) is 33.0 Å². The third-order valence-corrected chi connectivity index (χ3v) is 1.72. The first kappa shape index (κ1) is 14.7. The van der Waals surface area contributed by atoms with Crippen molar-refractivity contribution in [2.75, 3.05) is 0 Å². The van der Waals surface area contributed by atoms with E-state index in [0.29, 0.717) is 0 Å². The first-order chi connectivity index (χ1) is 7.22. The molecule has 0 atom stereocenters. The molecule has 0 saturated carbocycles. The Morgan fingerprint density at radius 2 is 2.00 bits per heavy atom. The number of aromatic carboxylic acids is 1. The van der Waals surface area contributed by atoms with Crippen LogP contribution in [0, 0.1) is 6.08 Å². The molecule has 0 heterocycles. The zero-order valence-electron chi connectivity index (χ0n) is 8.55. The molecule has 1 aliphatic rings. The second-order valence-corrected chi connectivity index (χ2v) is 2.83. The van der Waals surface area contributed by atoms with Gasteiger partial charge in [0, 0.05) is 21.7 Å². The maximum atomic E-state index is 10.3. The summed E-state index contributed by atoms with van der Waals surface area (Å²) in [5.41, 5.74) is -0.0671. The fourth-order valence-corrected chi connectivity index (χ4v) is 0.995. The minimum absolute atomic E-state index is 0. The molecule has 0 fully saturated rings. The summed E-state index contributed by atoms with van der Waals surface area (Å²) in [7, 11) is 0. The Balaban J connectivity index is 0.000000318. The van der Waals surface area contributed by atoms with Crippen molar-refractivity contribution in [1.82, 2.24) is 0 Å². The van der Waals surface area contributed by atoms with Crippen LogP contribution in [0.25, 0.3) is 0 Å². The van der Waals surface area contributed by atoms with E-state index in [9.17, 15) is 4.79 Å². The zero-order chi connectivity index (χ0) is 11.1. The Hall–Kier alpha value is -1.32.